The fourth-order valence-electron chi connectivity index (χ4n) is 1.85. The normalized spacial score (nSPS) is 16.1. The number of aromatic nitrogens is 1. The van der Waals surface area contributed by atoms with Crippen molar-refractivity contribution in [1.82, 2.24) is 9.88 Å². The number of nitrogens with zero attached hydrogens (tertiary/aromatic N) is 2. The van der Waals surface area contributed by atoms with Crippen LogP contribution in [0.25, 0.3) is 0 Å². The van der Waals surface area contributed by atoms with Crippen LogP contribution in [0.3, 0.4) is 0 Å². The lowest BCUT2D eigenvalue weighted by Crippen LogP contribution is -2.35. The van der Waals surface area contributed by atoms with Gasteiger partial charge in [-0.3, -0.25) is 15.7 Å². The number of alkyl halides is 3. The Hall–Kier alpha value is -1.34. The third kappa shape index (κ3) is 3.85. The Morgan fingerprint density at radius 1 is 1.44 bits per heavy atom. The third-order valence-electron chi connectivity index (χ3n) is 2.79. The molecule has 0 spiro atoms. The van der Waals surface area contributed by atoms with Gasteiger partial charge in [-0.15, -0.1) is 0 Å². The molecule has 3 N–H and O–H groups in total. The van der Waals surface area contributed by atoms with Crippen LogP contribution < -0.4 is 11.3 Å². The van der Waals surface area contributed by atoms with E-state index in [1.807, 2.05) is 0 Å². The van der Waals surface area contributed by atoms with Crippen molar-refractivity contribution in [2.24, 2.45) is 5.84 Å². The molecule has 0 amide bonds. The fourth-order valence-corrected chi connectivity index (χ4v) is 1.85. The maximum absolute atomic E-state index is 12.4. The Labute approximate surface area is 103 Å². The molecule has 1 aromatic rings. The molecule has 7 heteroatoms. The molecule has 1 aromatic heterocycles. The molecule has 0 radical (unpaired) electrons. The van der Waals surface area contributed by atoms with Gasteiger partial charge >= 0.3 is 6.18 Å². The number of nitrogens with two attached hydrogens (primary N) is 1. The number of hydrogen-bond donors (Lipinski definition) is 2. The van der Waals surface area contributed by atoms with E-state index in [4.69, 9.17) is 5.84 Å². The Balaban J connectivity index is 2.03. The van der Waals surface area contributed by atoms with E-state index in [2.05, 4.69) is 10.4 Å². The lowest BCUT2D eigenvalue weighted by molar-refractivity contribution is -0.148. The maximum atomic E-state index is 12.4. The molecule has 1 heterocycles. The van der Waals surface area contributed by atoms with E-state index >= 15 is 0 Å². The summed E-state index contributed by atoms with van der Waals surface area (Å²) < 4.78 is 37.3. The first-order valence-electron chi connectivity index (χ1n) is 5.70. The zero-order chi connectivity index (χ0) is 13.2. The summed E-state index contributed by atoms with van der Waals surface area (Å²) in [5, 5.41) is 0. The average Bonchev–Trinajstić information content (AvgIpc) is 3.10. The van der Waals surface area contributed by atoms with E-state index in [9.17, 15) is 13.2 Å². The highest BCUT2D eigenvalue weighted by Crippen LogP contribution is 2.31. The van der Waals surface area contributed by atoms with Gasteiger partial charge in [0.15, 0.2) is 0 Å². The highest BCUT2D eigenvalue weighted by Gasteiger charge is 2.38. The van der Waals surface area contributed by atoms with Gasteiger partial charge in [-0.05, 0) is 25.0 Å². The molecule has 0 saturated heterocycles. The molecule has 0 bridgehead atoms. The van der Waals surface area contributed by atoms with Crippen molar-refractivity contribution < 1.29 is 13.2 Å². The monoisotopic (exact) mass is 260 g/mol. The molecular formula is C11H15F3N4. The minimum atomic E-state index is -4.17. The van der Waals surface area contributed by atoms with E-state index in [0.717, 1.165) is 12.8 Å². The van der Waals surface area contributed by atoms with Gasteiger partial charge in [0.25, 0.3) is 0 Å². The quantitative estimate of drug-likeness (QED) is 0.627. The van der Waals surface area contributed by atoms with Crippen LogP contribution in [0, 0.1) is 0 Å². The van der Waals surface area contributed by atoms with Gasteiger partial charge in [0, 0.05) is 18.8 Å². The maximum Gasteiger partial charge on any atom is 0.401 e. The number of hydrogen-bond acceptors (Lipinski definition) is 4. The lowest BCUT2D eigenvalue weighted by atomic mass is 10.3. The highest BCUT2D eigenvalue weighted by atomic mass is 19.4. The summed E-state index contributed by atoms with van der Waals surface area (Å²) in [7, 11) is 0. The third-order valence-corrected chi connectivity index (χ3v) is 2.79. The van der Waals surface area contributed by atoms with Crippen LogP contribution in [0.4, 0.5) is 18.9 Å². The second-order valence-electron chi connectivity index (χ2n) is 4.43. The van der Waals surface area contributed by atoms with Gasteiger partial charge < -0.3 is 5.43 Å². The van der Waals surface area contributed by atoms with Crippen molar-refractivity contribution in [3.8, 4) is 0 Å². The second-order valence-corrected chi connectivity index (χ2v) is 4.43. The lowest BCUT2D eigenvalue weighted by Gasteiger charge is -2.23. The van der Waals surface area contributed by atoms with Crippen LogP contribution in [0.1, 0.15) is 18.5 Å². The van der Waals surface area contributed by atoms with Crippen molar-refractivity contribution in [3.05, 3.63) is 24.0 Å². The number of nitrogens with one attached hydrogen (secondary N) is 1. The van der Waals surface area contributed by atoms with Crippen LogP contribution in [-0.4, -0.2) is 28.6 Å². The SMILES string of the molecule is NNc1ccnc(CN(CC(F)(F)F)C2CC2)c1. The molecule has 18 heavy (non-hydrogen) atoms. The molecule has 1 aliphatic rings. The van der Waals surface area contributed by atoms with Gasteiger partial charge in [-0.1, -0.05) is 0 Å². The molecule has 1 saturated carbocycles. The second kappa shape index (κ2) is 5.11. The summed E-state index contributed by atoms with van der Waals surface area (Å²) >= 11 is 0. The van der Waals surface area contributed by atoms with E-state index in [1.54, 1.807) is 12.1 Å². The van der Waals surface area contributed by atoms with Crippen LogP contribution in [0.5, 0.6) is 0 Å². The largest absolute Gasteiger partial charge is 0.401 e. The Kier molecular flexibility index (Phi) is 3.72. The average molecular weight is 260 g/mol. The molecule has 0 atom stereocenters. The molecule has 1 aliphatic carbocycles. The predicted octanol–water partition coefficient (Wildman–Crippen LogP) is 1.89. The van der Waals surface area contributed by atoms with Gasteiger partial charge in [-0.2, -0.15) is 13.2 Å². The first kappa shape index (κ1) is 13.1. The van der Waals surface area contributed by atoms with Crippen LogP contribution >= 0.6 is 0 Å². The molecule has 1 fully saturated rings. The molecule has 4 nitrogen and oxygen atoms in total. The summed E-state index contributed by atoms with van der Waals surface area (Å²) in [5.74, 6) is 5.25. The van der Waals surface area contributed by atoms with Crippen molar-refractivity contribution in [2.75, 3.05) is 12.0 Å². The summed E-state index contributed by atoms with van der Waals surface area (Å²) in [6.45, 7) is -0.695. The van der Waals surface area contributed by atoms with Gasteiger partial charge in [0.05, 0.1) is 17.9 Å². The number of hydrazine groups is 1. The number of anilines is 1. The zero-order valence-corrected chi connectivity index (χ0v) is 9.74. The van der Waals surface area contributed by atoms with Crippen LogP contribution in [-0.2, 0) is 6.54 Å². The summed E-state index contributed by atoms with van der Waals surface area (Å²) in [6.07, 6.45) is -0.995. The molecule has 0 unspecified atom stereocenters. The smallest absolute Gasteiger partial charge is 0.324 e. The summed E-state index contributed by atoms with van der Waals surface area (Å²) in [4.78, 5) is 5.48. The van der Waals surface area contributed by atoms with Crippen molar-refractivity contribution >= 4 is 5.69 Å². The summed E-state index contributed by atoms with van der Waals surface area (Å²) in [6, 6.07) is 3.35. The van der Waals surface area contributed by atoms with E-state index < -0.39 is 12.7 Å². The highest BCUT2D eigenvalue weighted by molar-refractivity contribution is 5.41. The molecule has 0 aliphatic heterocycles. The first-order chi connectivity index (χ1) is 8.48. The van der Waals surface area contributed by atoms with Crippen molar-refractivity contribution in [2.45, 2.75) is 31.6 Å². The topological polar surface area (TPSA) is 54.2 Å². The van der Waals surface area contributed by atoms with E-state index in [-0.39, 0.29) is 12.6 Å². The Morgan fingerprint density at radius 3 is 2.72 bits per heavy atom. The number of halogens is 3. The molecule has 100 valence electrons. The molecule has 0 aromatic carbocycles. The number of rotatable bonds is 5. The molecular weight excluding hydrogens is 245 g/mol. The Morgan fingerprint density at radius 2 is 2.17 bits per heavy atom. The first-order valence-corrected chi connectivity index (χ1v) is 5.70. The predicted molar refractivity (Wildman–Crippen MR) is 61.5 cm³/mol. The minimum absolute atomic E-state index is 0.0305. The van der Waals surface area contributed by atoms with Gasteiger partial charge in [-0.25, -0.2) is 0 Å². The minimum Gasteiger partial charge on any atom is -0.324 e. The van der Waals surface area contributed by atoms with Crippen LogP contribution in [0.2, 0.25) is 0 Å². The van der Waals surface area contributed by atoms with E-state index in [0.29, 0.717) is 11.4 Å². The van der Waals surface area contributed by atoms with Crippen molar-refractivity contribution in [3.63, 3.8) is 0 Å². The van der Waals surface area contributed by atoms with Gasteiger partial charge in [0.1, 0.15) is 0 Å². The standard InChI is InChI=1S/C11H15F3N4/c12-11(13,14)7-18(10-1-2-10)6-9-5-8(17-15)3-4-16-9/h3-5,10H,1-2,6-7,15H2,(H,16,17). The van der Waals surface area contributed by atoms with Gasteiger partial charge in [0.2, 0.25) is 0 Å². The van der Waals surface area contributed by atoms with Crippen LogP contribution in [0.15, 0.2) is 18.3 Å². The number of nitrogen functional groups attached to an aromatic ring is 1. The fraction of sp³-hybridized carbons (Fsp3) is 0.545. The Bertz CT molecular complexity index is 404. The van der Waals surface area contributed by atoms with Crippen molar-refractivity contribution in [1.29, 1.82) is 0 Å². The molecule has 2 rings (SSSR count). The van der Waals surface area contributed by atoms with E-state index in [1.165, 1.54) is 11.1 Å². The zero-order valence-electron chi connectivity index (χ0n) is 9.74. The number of pyridine rings is 1. The summed E-state index contributed by atoms with van der Waals surface area (Å²) in [5.41, 5.74) is 3.68.